The highest BCUT2D eigenvalue weighted by molar-refractivity contribution is 6.10. The SMILES string of the molecule is CCCn1c(C)cc(/C=C(\C#N)C(=O)Nc2cc(OC)c(OC)cc2C)c1C. The molecule has 0 radical (unpaired) electrons. The Hall–Kier alpha value is -3.20. The third-order valence-electron chi connectivity index (χ3n) is 4.70. The van der Waals surface area contributed by atoms with Gasteiger partial charge in [0, 0.05) is 29.7 Å². The summed E-state index contributed by atoms with van der Waals surface area (Å²) < 4.78 is 12.8. The van der Waals surface area contributed by atoms with E-state index in [4.69, 9.17) is 9.47 Å². The molecule has 1 amide bonds. The van der Waals surface area contributed by atoms with Gasteiger partial charge in [-0.15, -0.1) is 0 Å². The Kier molecular flexibility index (Phi) is 6.89. The fourth-order valence-electron chi connectivity index (χ4n) is 3.15. The number of hydrogen-bond acceptors (Lipinski definition) is 4. The minimum atomic E-state index is -0.460. The van der Waals surface area contributed by atoms with E-state index in [1.54, 1.807) is 25.3 Å². The molecule has 0 spiro atoms. The van der Waals surface area contributed by atoms with Crippen LogP contribution in [0.25, 0.3) is 6.08 Å². The van der Waals surface area contributed by atoms with Gasteiger partial charge in [-0.2, -0.15) is 5.26 Å². The lowest BCUT2D eigenvalue weighted by molar-refractivity contribution is -0.112. The smallest absolute Gasteiger partial charge is 0.266 e. The van der Waals surface area contributed by atoms with Crippen LogP contribution in [0.4, 0.5) is 5.69 Å². The van der Waals surface area contributed by atoms with E-state index in [0.717, 1.165) is 35.5 Å². The number of amides is 1. The summed E-state index contributed by atoms with van der Waals surface area (Å²) in [6.07, 6.45) is 2.66. The number of ether oxygens (including phenoxy) is 2. The molecule has 0 aliphatic heterocycles. The number of hydrogen-bond donors (Lipinski definition) is 1. The molecule has 1 N–H and O–H groups in total. The van der Waals surface area contributed by atoms with Crippen molar-refractivity contribution in [3.63, 3.8) is 0 Å². The third kappa shape index (κ3) is 4.37. The van der Waals surface area contributed by atoms with Crippen molar-refractivity contribution in [2.24, 2.45) is 0 Å². The summed E-state index contributed by atoms with van der Waals surface area (Å²) in [6, 6.07) is 7.48. The lowest BCUT2D eigenvalue weighted by Gasteiger charge is -2.13. The third-order valence-corrected chi connectivity index (χ3v) is 4.70. The second kappa shape index (κ2) is 9.14. The maximum atomic E-state index is 12.7. The first-order valence-corrected chi connectivity index (χ1v) is 9.18. The van der Waals surface area contributed by atoms with Gasteiger partial charge in [0.25, 0.3) is 5.91 Å². The zero-order valence-corrected chi connectivity index (χ0v) is 17.3. The minimum Gasteiger partial charge on any atom is -0.493 e. The Bertz CT molecular complexity index is 949. The highest BCUT2D eigenvalue weighted by Crippen LogP contribution is 2.33. The highest BCUT2D eigenvalue weighted by Gasteiger charge is 2.15. The molecular weight excluding hydrogens is 354 g/mol. The van der Waals surface area contributed by atoms with Crippen molar-refractivity contribution in [3.05, 3.63) is 46.3 Å². The first kappa shape index (κ1) is 21.1. The van der Waals surface area contributed by atoms with Crippen molar-refractivity contribution in [1.82, 2.24) is 4.57 Å². The van der Waals surface area contributed by atoms with Crippen molar-refractivity contribution in [2.75, 3.05) is 19.5 Å². The van der Waals surface area contributed by atoms with Crippen molar-refractivity contribution >= 4 is 17.7 Å². The zero-order valence-electron chi connectivity index (χ0n) is 17.3. The van der Waals surface area contributed by atoms with Crippen molar-refractivity contribution in [3.8, 4) is 17.6 Å². The first-order valence-electron chi connectivity index (χ1n) is 9.18. The van der Waals surface area contributed by atoms with Crippen LogP contribution in [0.5, 0.6) is 11.5 Å². The number of benzene rings is 1. The van der Waals surface area contributed by atoms with Gasteiger partial charge in [-0.3, -0.25) is 4.79 Å². The number of aryl methyl sites for hydroxylation is 2. The highest BCUT2D eigenvalue weighted by atomic mass is 16.5. The molecule has 0 unspecified atom stereocenters. The van der Waals surface area contributed by atoms with Gasteiger partial charge in [0.1, 0.15) is 11.6 Å². The van der Waals surface area contributed by atoms with Crippen LogP contribution in [0.2, 0.25) is 0 Å². The number of nitriles is 1. The predicted octanol–water partition coefficient (Wildman–Crippen LogP) is 4.39. The standard InChI is InChI=1S/C22H27N3O3/c1-7-8-25-15(3)10-17(16(25)4)11-18(13-23)22(26)24-19-12-21(28-6)20(27-5)9-14(19)2/h9-12H,7-8H2,1-6H3,(H,24,26)/b18-11+. The molecule has 0 aliphatic rings. The number of nitrogens with zero attached hydrogens (tertiary/aromatic N) is 2. The van der Waals surface area contributed by atoms with Crippen LogP contribution < -0.4 is 14.8 Å². The van der Waals surface area contributed by atoms with Gasteiger partial charge in [-0.25, -0.2) is 0 Å². The molecule has 6 heteroatoms. The van der Waals surface area contributed by atoms with Crippen molar-refractivity contribution in [1.29, 1.82) is 5.26 Å². The first-order chi connectivity index (χ1) is 13.4. The van der Waals surface area contributed by atoms with Gasteiger partial charge in [0.2, 0.25) is 0 Å². The van der Waals surface area contributed by atoms with Gasteiger partial charge < -0.3 is 19.4 Å². The zero-order chi connectivity index (χ0) is 20.8. The number of rotatable bonds is 7. The van der Waals surface area contributed by atoms with Gasteiger partial charge in [-0.1, -0.05) is 6.92 Å². The average Bonchev–Trinajstić information content (AvgIpc) is 2.94. The van der Waals surface area contributed by atoms with Crippen LogP contribution in [0.1, 0.15) is 35.9 Å². The number of anilines is 1. The Labute approximate surface area is 166 Å². The van der Waals surface area contributed by atoms with Crippen LogP contribution in [0.3, 0.4) is 0 Å². The molecule has 1 heterocycles. The largest absolute Gasteiger partial charge is 0.493 e. The summed E-state index contributed by atoms with van der Waals surface area (Å²) in [7, 11) is 3.09. The lowest BCUT2D eigenvalue weighted by atomic mass is 10.1. The number of carbonyl (C=O) groups is 1. The van der Waals surface area contributed by atoms with Crippen LogP contribution in [-0.2, 0) is 11.3 Å². The number of carbonyl (C=O) groups excluding carboxylic acids is 1. The van der Waals surface area contributed by atoms with Gasteiger partial charge >= 0.3 is 0 Å². The molecule has 0 aliphatic carbocycles. The van der Waals surface area contributed by atoms with E-state index >= 15 is 0 Å². The monoisotopic (exact) mass is 381 g/mol. The second-order valence-corrected chi connectivity index (χ2v) is 6.62. The molecule has 148 valence electrons. The maximum Gasteiger partial charge on any atom is 0.266 e. The van der Waals surface area contributed by atoms with E-state index in [-0.39, 0.29) is 5.57 Å². The fourth-order valence-corrected chi connectivity index (χ4v) is 3.15. The van der Waals surface area contributed by atoms with Crippen LogP contribution >= 0.6 is 0 Å². The number of methoxy groups -OCH3 is 2. The summed E-state index contributed by atoms with van der Waals surface area (Å²) in [5, 5.41) is 12.3. The van der Waals surface area contributed by atoms with E-state index in [1.165, 1.54) is 7.11 Å². The molecular formula is C22H27N3O3. The fraction of sp³-hybridized carbons (Fsp3) is 0.364. The van der Waals surface area contributed by atoms with Crippen LogP contribution in [-0.4, -0.2) is 24.7 Å². The number of nitrogens with one attached hydrogen (secondary N) is 1. The van der Waals surface area contributed by atoms with E-state index < -0.39 is 5.91 Å². The molecule has 0 saturated carbocycles. The molecule has 2 rings (SSSR count). The summed E-state index contributed by atoms with van der Waals surface area (Å²) in [6.45, 7) is 8.91. The molecule has 0 saturated heterocycles. The second-order valence-electron chi connectivity index (χ2n) is 6.62. The van der Waals surface area contributed by atoms with Crippen molar-refractivity contribution in [2.45, 2.75) is 40.7 Å². The van der Waals surface area contributed by atoms with Crippen molar-refractivity contribution < 1.29 is 14.3 Å². The summed E-state index contributed by atoms with van der Waals surface area (Å²) >= 11 is 0. The Balaban J connectivity index is 2.34. The normalized spacial score (nSPS) is 11.1. The van der Waals surface area contributed by atoms with E-state index in [9.17, 15) is 10.1 Å². The molecule has 0 atom stereocenters. The summed E-state index contributed by atoms with van der Waals surface area (Å²) in [5.41, 5.74) is 4.46. The summed E-state index contributed by atoms with van der Waals surface area (Å²) in [4.78, 5) is 12.7. The topological polar surface area (TPSA) is 76.3 Å². The van der Waals surface area contributed by atoms with Crippen LogP contribution in [0.15, 0.2) is 23.8 Å². The molecule has 6 nitrogen and oxygen atoms in total. The maximum absolute atomic E-state index is 12.7. The molecule has 1 aromatic heterocycles. The van der Waals surface area contributed by atoms with E-state index in [0.29, 0.717) is 17.2 Å². The van der Waals surface area contributed by atoms with E-state index in [2.05, 4.69) is 16.8 Å². The molecule has 28 heavy (non-hydrogen) atoms. The summed E-state index contributed by atoms with van der Waals surface area (Å²) in [5.74, 6) is 0.629. The van der Waals surface area contributed by atoms with Gasteiger partial charge in [0.05, 0.1) is 14.2 Å². The van der Waals surface area contributed by atoms with Crippen LogP contribution in [0, 0.1) is 32.1 Å². The Morgan fingerprint density at radius 1 is 1.18 bits per heavy atom. The molecule has 0 bridgehead atoms. The number of aromatic nitrogens is 1. The average molecular weight is 381 g/mol. The quantitative estimate of drug-likeness (QED) is 0.570. The molecule has 0 fully saturated rings. The molecule has 2 aromatic rings. The lowest BCUT2D eigenvalue weighted by Crippen LogP contribution is -2.14. The molecule has 1 aromatic carbocycles. The Morgan fingerprint density at radius 3 is 2.39 bits per heavy atom. The minimum absolute atomic E-state index is 0.0472. The van der Waals surface area contributed by atoms with Gasteiger partial charge in [0.15, 0.2) is 11.5 Å². The van der Waals surface area contributed by atoms with E-state index in [1.807, 2.05) is 32.9 Å². The van der Waals surface area contributed by atoms with Gasteiger partial charge in [-0.05, 0) is 56.5 Å². The predicted molar refractivity (Wildman–Crippen MR) is 111 cm³/mol. The Morgan fingerprint density at radius 2 is 1.82 bits per heavy atom.